The van der Waals surface area contributed by atoms with Crippen LogP contribution < -0.4 is 10.6 Å². The first-order valence-electron chi connectivity index (χ1n) is 10.8. The first kappa shape index (κ1) is 22.3. The molecule has 0 aliphatic heterocycles. The number of pyridine rings is 1. The first-order valence-corrected chi connectivity index (χ1v) is 10.8. The zero-order chi connectivity index (χ0) is 23.5. The summed E-state index contributed by atoms with van der Waals surface area (Å²) in [7, 11) is 0. The van der Waals surface area contributed by atoms with Gasteiger partial charge in [0, 0.05) is 12.2 Å². The lowest BCUT2D eigenvalue weighted by atomic mass is 10.0. The number of nitrogens with zero attached hydrogens (tertiary/aromatic N) is 5. The first-order chi connectivity index (χ1) is 15.8. The van der Waals surface area contributed by atoms with E-state index in [4.69, 9.17) is 0 Å². The molecule has 33 heavy (non-hydrogen) atoms. The minimum atomic E-state index is -0.383. The smallest absolute Gasteiger partial charge is 0.230 e. The predicted octanol–water partition coefficient (Wildman–Crippen LogP) is 4.35. The molecule has 3 aromatic heterocycles. The van der Waals surface area contributed by atoms with Crippen molar-refractivity contribution in [1.29, 1.82) is 0 Å². The summed E-state index contributed by atoms with van der Waals surface area (Å²) in [6, 6.07) is 7.26. The molecule has 0 fully saturated rings. The molecule has 3 heterocycles. The van der Waals surface area contributed by atoms with Crippen molar-refractivity contribution in [3.05, 3.63) is 71.1 Å². The van der Waals surface area contributed by atoms with Crippen molar-refractivity contribution < 1.29 is 9.18 Å². The maximum absolute atomic E-state index is 13.4. The van der Waals surface area contributed by atoms with Crippen LogP contribution in [0.4, 0.5) is 15.9 Å². The highest BCUT2D eigenvalue weighted by Gasteiger charge is 2.13. The highest BCUT2D eigenvalue weighted by Crippen LogP contribution is 2.25. The maximum Gasteiger partial charge on any atom is 0.230 e. The summed E-state index contributed by atoms with van der Waals surface area (Å²) in [6.07, 6.45) is 4.77. The average Bonchev–Trinajstić information content (AvgIpc) is 3.20. The van der Waals surface area contributed by atoms with Crippen molar-refractivity contribution in [2.75, 3.05) is 10.6 Å². The van der Waals surface area contributed by atoms with Gasteiger partial charge in [0.05, 0.1) is 36.7 Å². The molecular formula is C24H26FN7O. The molecule has 0 saturated carbocycles. The topological polar surface area (TPSA) is 97.6 Å². The molecule has 1 atom stereocenters. The quantitative estimate of drug-likeness (QED) is 0.437. The molecule has 1 aromatic carbocycles. The fraction of sp³-hybridized carbons (Fsp3) is 0.292. The van der Waals surface area contributed by atoms with E-state index in [-0.39, 0.29) is 24.2 Å². The van der Waals surface area contributed by atoms with Crippen LogP contribution in [0.2, 0.25) is 0 Å². The fourth-order valence-corrected chi connectivity index (χ4v) is 3.62. The number of hydrogen-bond acceptors (Lipinski definition) is 6. The molecule has 0 aliphatic rings. The molecule has 0 radical (unpaired) electrons. The lowest BCUT2D eigenvalue weighted by Crippen LogP contribution is -2.16. The van der Waals surface area contributed by atoms with E-state index in [0.29, 0.717) is 28.4 Å². The number of rotatable bonds is 7. The van der Waals surface area contributed by atoms with E-state index < -0.39 is 0 Å². The van der Waals surface area contributed by atoms with Gasteiger partial charge in [-0.2, -0.15) is 5.10 Å². The summed E-state index contributed by atoms with van der Waals surface area (Å²) in [5, 5.41) is 10.7. The van der Waals surface area contributed by atoms with Crippen molar-refractivity contribution in [3.8, 4) is 0 Å². The summed E-state index contributed by atoms with van der Waals surface area (Å²) in [5.74, 6) is 0.0288. The molecule has 8 nitrogen and oxygen atoms in total. The van der Waals surface area contributed by atoms with Gasteiger partial charge >= 0.3 is 0 Å². The van der Waals surface area contributed by atoms with Crippen molar-refractivity contribution in [2.24, 2.45) is 0 Å². The van der Waals surface area contributed by atoms with E-state index in [1.807, 2.05) is 45.2 Å². The van der Waals surface area contributed by atoms with Gasteiger partial charge in [-0.15, -0.1) is 0 Å². The van der Waals surface area contributed by atoms with Crippen LogP contribution >= 0.6 is 0 Å². The molecule has 0 aliphatic carbocycles. The summed E-state index contributed by atoms with van der Waals surface area (Å²) in [4.78, 5) is 25.5. The molecule has 0 saturated heterocycles. The third-order valence-corrected chi connectivity index (χ3v) is 5.44. The highest BCUT2D eigenvalue weighted by atomic mass is 19.1. The van der Waals surface area contributed by atoms with Gasteiger partial charge in [0.25, 0.3) is 0 Å². The van der Waals surface area contributed by atoms with Crippen LogP contribution in [0.1, 0.15) is 42.3 Å². The van der Waals surface area contributed by atoms with E-state index in [0.717, 1.165) is 29.4 Å². The molecule has 4 aromatic rings. The van der Waals surface area contributed by atoms with E-state index >= 15 is 0 Å². The molecule has 170 valence electrons. The van der Waals surface area contributed by atoms with Crippen LogP contribution in [0, 0.1) is 19.7 Å². The Bertz CT molecular complexity index is 1320. The van der Waals surface area contributed by atoms with Crippen LogP contribution in [0.15, 0.2) is 42.9 Å². The molecule has 0 bridgehead atoms. The highest BCUT2D eigenvalue weighted by molar-refractivity contribution is 5.92. The second-order valence-electron chi connectivity index (χ2n) is 8.04. The molecule has 2 N–H and O–H groups in total. The van der Waals surface area contributed by atoms with Crippen LogP contribution in [0.25, 0.3) is 11.2 Å². The fourth-order valence-electron chi connectivity index (χ4n) is 3.62. The van der Waals surface area contributed by atoms with Crippen molar-refractivity contribution in [3.63, 3.8) is 0 Å². The summed E-state index contributed by atoms with van der Waals surface area (Å²) in [6.45, 7) is 8.46. The number of nitrogens with one attached hydrogen (secondary N) is 2. The van der Waals surface area contributed by atoms with Crippen LogP contribution in [0.3, 0.4) is 0 Å². The Balaban J connectivity index is 1.46. The summed E-state index contributed by atoms with van der Waals surface area (Å²) >= 11 is 0. The number of aromatic nitrogens is 5. The largest absolute Gasteiger partial charge is 0.362 e. The van der Waals surface area contributed by atoms with Crippen LogP contribution in [-0.2, 0) is 17.8 Å². The number of anilines is 2. The Morgan fingerprint density at radius 1 is 1.15 bits per heavy atom. The minimum Gasteiger partial charge on any atom is -0.362 e. The molecule has 0 unspecified atom stereocenters. The Labute approximate surface area is 191 Å². The number of carbonyl (C=O) groups excluding carboxylic acids is 1. The monoisotopic (exact) mass is 447 g/mol. The zero-order valence-corrected chi connectivity index (χ0v) is 19.1. The minimum absolute atomic E-state index is 0.0676. The molecule has 0 spiro atoms. The third-order valence-electron chi connectivity index (χ3n) is 5.44. The van der Waals surface area contributed by atoms with Gasteiger partial charge in [0.15, 0.2) is 0 Å². The lowest BCUT2D eigenvalue weighted by Gasteiger charge is -2.18. The molecule has 9 heteroatoms. The molecule has 1 amide bonds. The van der Waals surface area contributed by atoms with Gasteiger partial charge in [-0.05, 0) is 62.6 Å². The Morgan fingerprint density at radius 2 is 1.97 bits per heavy atom. The normalized spacial score (nSPS) is 12.0. The SMILES string of the molecule is CCn1cc2ncc(N[C@@H](C)c3cc(NC(=O)Cc4cc(C)c(F)cn4)ccc3C)nc2n1. The van der Waals surface area contributed by atoms with Crippen molar-refractivity contribution in [2.45, 2.75) is 46.7 Å². The van der Waals surface area contributed by atoms with Crippen LogP contribution in [-0.4, -0.2) is 30.6 Å². The maximum atomic E-state index is 13.4. The van der Waals surface area contributed by atoms with E-state index in [9.17, 15) is 9.18 Å². The van der Waals surface area contributed by atoms with E-state index in [1.165, 1.54) is 0 Å². The summed E-state index contributed by atoms with van der Waals surface area (Å²) in [5.41, 5.74) is 5.11. The number of fused-ring (bicyclic) bond motifs is 1. The van der Waals surface area contributed by atoms with E-state index in [1.54, 1.807) is 23.9 Å². The standard InChI is InChI=1S/C24H26FN7O/c1-5-32-13-21-24(31-32)30-22(12-27-21)28-16(4)19-9-17(7-6-14(19)2)29-23(33)10-18-8-15(3)20(25)11-26-18/h6-9,11-13,16H,5,10H2,1-4H3,(H,29,33)(H,28,30,31)/t16-/m0/s1. The van der Waals surface area contributed by atoms with Crippen LogP contribution in [0.5, 0.6) is 0 Å². The second kappa shape index (κ2) is 9.32. The number of halogens is 1. The van der Waals surface area contributed by atoms with Crippen molar-refractivity contribution in [1.82, 2.24) is 24.7 Å². The Hall–Kier alpha value is -3.88. The zero-order valence-electron chi connectivity index (χ0n) is 19.1. The Kier molecular flexibility index (Phi) is 6.30. The number of aryl methyl sites for hydroxylation is 3. The van der Waals surface area contributed by atoms with E-state index in [2.05, 4.69) is 30.7 Å². The second-order valence-corrected chi connectivity index (χ2v) is 8.04. The van der Waals surface area contributed by atoms with Gasteiger partial charge < -0.3 is 10.6 Å². The average molecular weight is 448 g/mol. The van der Waals surface area contributed by atoms with Gasteiger partial charge in [-0.25, -0.2) is 14.4 Å². The number of hydrogen-bond donors (Lipinski definition) is 2. The molecular weight excluding hydrogens is 421 g/mol. The predicted molar refractivity (Wildman–Crippen MR) is 125 cm³/mol. The number of amides is 1. The van der Waals surface area contributed by atoms with Gasteiger partial charge in [-0.3, -0.25) is 14.5 Å². The van der Waals surface area contributed by atoms with Gasteiger partial charge in [0.2, 0.25) is 11.6 Å². The lowest BCUT2D eigenvalue weighted by molar-refractivity contribution is -0.115. The molecule has 4 rings (SSSR count). The summed E-state index contributed by atoms with van der Waals surface area (Å²) < 4.78 is 15.2. The van der Waals surface area contributed by atoms with Crippen molar-refractivity contribution >= 4 is 28.6 Å². The number of carbonyl (C=O) groups is 1. The van der Waals surface area contributed by atoms with Gasteiger partial charge in [0.1, 0.15) is 17.2 Å². The Morgan fingerprint density at radius 3 is 2.73 bits per heavy atom. The number of benzene rings is 1. The van der Waals surface area contributed by atoms with Gasteiger partial charge in [-0.1, -0.05) is 6.07 Å². The third kappa shape index (κ3) is 5.14.